The zero-order valence-electron chi connectivity index (χ0n) is 12.5. The molecule has 0 bridgehead atoms. The van der Waals surface area contributed by atoms with Crippen molar-refractivity contribution in [1.82, 2.24) is 10.3 Å². The zero-order chi connectivity index (χ0) is 15.1. The average Bonchev–Trinajstić information content (AvgIpc) is 2.52. The first kappa shape index (κ1) is 16.0. The van der Waals surface area contributed by atoms with Crippen LogP contribution in [0.25, 0.3) is 0 Å². The number of para-hydroxylation sites is 1. The number of nitrogens with one attached hydrogen (secondary N) is 1. The molecule has 0 fully saturated rings. The van der Waals surface area contributed by atoms with Crippen molar-refractivity contribution in [3.8, 4) is 5.75 Å². The van der Waals surface area contributed by atoms with E-state index in [9.17, 15) is 0 Å². The van der Waals surface area contributed by atoms with E-state index in [0.717, 1.165) is 28.9 Å². The van der Waals surface area contributed by atoms with Crippen LogP contribution in [-0.4, -0.2) is 11.5 Å². The minimum absolute atomic E-state index is 0.277. The van der Waals surface area contributed by atoms with Crippen molar-refractivity contribution in [2.24, 2.45) is 0 Å². The number of hydrogen-bond acceptors (Lipinski definition) is 3. The third kappa shape index (κ3) is 4.83. The van der Waals surface area contributed by atoms with E-state index in [0.29, 0.717) is 6.61 Å². The van der Waals surface area contributed by atoms with Crippen molar-refractivity contribution in [3.63, 3.8) is 0 Å². The molecule has 0 aliphatic rings. The van der Waals surface area contributed by atoms with Gasteiger partial charge in [-0.2, -0.15) is 0 Å². The summed E-state index contributed by atoms with van der Waals surface area (Å²) < 4.78 is 6.92. The second-order valence-electron chi connectivity index (χ2n) is 4.97. The molecular formula is C17H21BrN2O. The van der Waals surface area contributed by atoms with Crippen LogP contribution in [0.2, 0.25) is 0 Å². The molecule has 0 saturated heterocycles. The summed E-state index contributed by atoms with van der Waals surface area (Å²) >= 11 is 3.38. The van der Waals surface area contributed by atoms with Gasteiger partial charge in [0, 0.05) is 22.3 Å². The lowest BCUT2D eigenvalue weighted by molar-refractivity contribution is 0.295. The molecule has 2 aromatic rings. The van der Waals surface area contributed by atoms with E-state index in [-0.39, 0.29) is 6.04 Å². The monoisotopic (exact) mass is 348 g/mol. The van der Waals surface area contributed by atoms with Gasteiger partial charge in [0.25, 0.3) is 0 Å². The Morgan fingerprint density at radius 2 is 2.05 bits per heavy atom. The molecule has 1 aromatic carbocycles. The van der Waals surface area contributed by atoms with E-state index in [1.54, 1.807) is 6.20 Å². The molecule has 112 valence electrons. The van der Waals surface area contributed by atoms with Crippen LogP contribution < -0.4 is 10.1 Å². The van der Waals surface area contributed by atoms with Crippen LogP contribution >= 0.6 is 15.9 Å². The quantitative estimate of drug-likeness (QED) is 0.800. The molecule has 0 aliphatic carbocycles. The Morgan fingerprint density at radius 3 is 2.76 bits per heavy atom. The van der Waals surface area contributed by atoms with Crippen molar-refractivity contribution >= 4 is 15.9 Å². The van der Waals surface area contributed by atoms with Gasteiger partial charge in [-0.15, -0.1) is 0 Å². The molecular weight excluding hydrogens is 328 g/mol. The highest BCUT2D eigenvalue weighted by Crippen LogP contribution is 2.25. The summed E-state index contributed by atoms with van der Waals surface area (Å²) in [5.41, 5.74) is 2.10. The maximum Gasteiger partial charge on any atom is 0.130 e. The zero-order valence-corrected chi connectivity index (χ0v) is 14.1. The van der Waals surface area contributed by atoms with E-state index >= 15 is 0 Å². The summed E-state index contributed by atoms with van der Waals surface area (Å²) in [7, 11) is 0. The molecule has 0 radical (unpaired) electrons. The summed E-state index contributed by atoms with van der Waals surface area (Å²) in [4.78, 5) is 4.33. The Morgan fingerprint density at radius 1 is 1.24 bits per heavy atom. The number of halogens is 1. The summed E-state index contributed by atoms with van der Waals surface area (Å²) in [6.45, 7) is 5.81. The molecule has 1 unspecified atom stereocenters. The fourth-order valence-electron chi connectivity index (χ4n) is 2.08. The lowest BCUT2D eigenvalue weighted by atomic mass is 10.1. The number of aromatic nitrogens is 1. The molecule has 4 heteroatoms. The number of pyridine rings is 1. The molecule has 0 aliphatic heterocycles. The van der Waals surface area contributed by atoms with Crippen LogP contribution in [0.3, 0.4) is 0 Å². The van der Waals surface area contributed by atoms with Crippen molar-refractivity contribution in [3.05, 3.63) is 58.3 Å². The van der Waals surface area contributed by atoms with E-state index < -0.39 is 0 Å². The number of ether oxygens (including phenoxy) is 1. The van der Waals surface area contributed by atoms with Gasteiger partial charge in [-0.05, 0) is 54.0 Å². The van der Waals surface area contributed by atoms with Crippen molar-refractivity contribution < 1.29 is 4.74 Å². The Bertz CT molecular complexity index is 557. The van der Waals surface area contributed by atoms with E-state index in [1.165, 1.54) is 5.56 Å². The van der Waals surface area contributed by atoms with Crippen LogP contribution in [0.15, 0.2) is 47.1 Å². The van der Waals surface area contributed by atoms with E-state index in [4.69, 9.17) is 4.74 Å². The van der Waals surface area contributed by atoms with Gasteiger partial charge in [0.1, 0.15) is 12.4 Å². The molecule has 1 N–H and O–H groups in total. The van der Waals surface area contributed by atoms with Crippen LogP contribution in [0.5, 0.6) is 5.75 Å². The number of hydrogen-bond donors (Lipinski definition) is 1. The molecule has 2 rings (SSSR count). The highest BCUT2D eigenvalue weighted by molar-refractivity contribution is 9.10. The number of benzene rings is 1. The van der Waals surface area contributed by atoms with Gasteiger partial charge < -0.3 is 10.1 Å². The lowest BCUT2D eigenvalue weighted by Gasteiger charge is -2.18. The normalized spacial score (nSPS) is 12.1. The summed E-state index contributed by atoms with van der Waals surface area (Å²) in [5, 5.41) is 3.49. The van der Waals surface area contributed by atoms with Gasteiger partial charge in [-0.3, -0.25) is 4.98 Å². The molecule has 3 nitrogen and oxygen atoms in total. The molecule has 0 spiro atoms. The first-order valence-corrected chi connectivity index (χ1v) is 8.05. The van der Waals surface area contributed by atoms with Crippen molar-refractivity contribution in [2.45, 2.75) is 32.9 Å². The topological polar surface area (TPSA) is 34.1 Å². The second kappa shape index (κ2) is 8.15. The van der Waals surface area contributed by atoms with E-state index in [1.807, 2.05) is 30.3 Å². The minimum atomic E-state index is 0.277. The number of rotatable bonds is 7. The third-order valence-electron chi connectivity index (χ3n) is 3.25. The van der Waals surface area contributed by atoms with Crippen LogP contribution in [0, 0.1) is 0 Å². The Balaban J connectivity index is 2.04. The fourth-order valence-corrected chi connectivity index (χ4v) is 2.32. The second-order valence-corrected chi connectivity index (χ2v) is 5.89. The molecule has 21 heavy (non-hydrogen) atoms. The molecule has 1 atom stereocenters. The fraction of sp³-hybridized carbons (Fsp3) is 0.353. The van der Waals surface area contributed by atoms with Gasteiger partial charge in [0.05, 0.1) is 5.69 Å². The van der Waals surface area contributed by atoms with Gasteiger partial charge in [0.2, 0.25) is 0 Å². The standard InChI is InChI=1S/C17H21BrN2O/c1-3-10-19-13(2)16-6-4-5-7-17(16)21-12-15-9-8-14(18)11-20-15/h4-9,11,13,19H,3,10,12H2,1-2H3. The van der Waals surface area contributed by atoms with Crippen LogP contribution in [0.4, 0.5) is 0 Å². The highest BCUT2D eigenvalue weighted by Gasteiger charge is 2.10. The maximum absolute atomic E-state index is 5.95. The Kier molecular flexibility index (Phi) is 6.21. The maximum atomic E-state index is 5.95. The molecule has 1 heterocycles. The van der Waals surface area contributed by atoms with Crippen LogP contribution in [0.1, 0.15) is 37.6 Å². The predicted molar refractivity (Wildman–Crippen MR) is 89.4 cm³/mol. The van der Waals surface area contributed by atoms with Crippen molar-refractivity contribution in [1.29, 1.82) is 0 Å². The van der Waals surface area contributed by atoms with Gasteiger partial charge >= 0.3 is 0 Å². The van der Waals surface area contributed by atoms with Gasteiger partial charge in [0.15, 0.2) is 0 Å². The third-order valence-corrected chi connectivity index (χ3v) is 3.72. The highest BCUT2D eigenvalue weighted by atomic mass is 79.9. The van der Waals surface area contributed by atoms with Gasteiger partial charge in [-0.1, -0.05) is 25.1 Å². The molecule has 0 saturated carbocycles. The Labute approximate surface area is 134 Å². The number of nitrogens with zero attached hydrogens (tertiary/aromatic N) is 1. The van der Waals surface area contributed by atoms with E-state index in [2.05, 4.69) is 46.1 Å². The lowest BCUT2D eigenvalue weighted by Crippen LogP contribution is -2.20. The largest absolute Gasteiger partial charge is 0.487 e. The summed E-state index contributed by atoms with van der Waals surface area (Å²) in [6.07, 6.45) is 2.91. The summed E-state index contributed by atoms with van der Waals surface area (Å²) in [5.74, 6) is 0.915. The van der Waals surface area contributed by atoms with Crippen LogP contribution in [-0.2, 0) is 6.61 Å². The minimum Gasteiger partial charge on any atom is -0.487 e. The molecule has 0 amide bonds. The molecule has 1 aromatic heterocycles. The smallest absolute Gasteiger partial charge is 0.130 e. The Hall–Kier alpha value is -1.39. The SMILES string of the molecule is CCCNC(C)c1ccccc1OCc1ccc(Br)cn1. The first-order chi connectivity index (χ1) is 10.2. The van der Waals surface area contributed by atoms with Gasteiger partial charge in [-0.25, -0.2) is 0 Å². The predicted octanol–water partition coefficient (Wildman–Crippen LogP) is 4.48. The summed E-state index contributed by atoms with van der Waals surface area (Å²) in [6, 6.07) is 12.4. The first-order valence-electron chi connectivity index (χ1n) is 7.26. The van der Waals surface area contributed by atoms with Crippen molar-refractivity contribution in [2.75, 3.05) is 6.54 Å². The average molecular weight is 349 g/mol.